The van der Waals surface area contributed by atoms with Crippen molar-refractivity contribution in [2.24, 2.45) is 0 Å². The Balaban J connectivity index is 2.00. The van der Waals surface area contributed by atoms with E-state index in [4.69, 9.17) is 0 Å². The normalized spacial score (nSPS) is 18.7. The second-order valence-corrected chi connectivity index (χ2v) is 6.89. The Morgan fingerprint density at radius 2 is 2.04 bits per heavy atom. The van der Waals surface area contributed by atoms with Gasteiger partial charge in [-0.3, -0.25) is 19.7 Å². The fourth-order valence-electron chi connectivity index (χ4n) is 3.13. The Labute approximate surface area is 157 Å². The highest BCUT2D eigenvalue weighted by molar-refractivity contribution is 9.10. The van der Waals surface area contributed by atoms with E-state index >= 15 is 0 Å². The van der Waals surface area contributed by atoms with Gasteiger partial charge < -0.3 is 10.0 Å². The number of aliphatic hydroxyl groups is 1. The maximum atomic E-state index is 12.8. The largest absolute Gasteiger partial charge is 0.375 e. The lowest BCUT2D eigenvalue weighted by Gasteiger charge is -2.22. The minimum absolute atomic E-state index is 0.0759. The van der Waals surface area contributed by atoms with Crippen LogP contribution in [0.5, 0.6) is 0 Å². The molecule has 2 aromatic rings. The quantitative estimate of drug-likeness (QED) is 0.456. The number of nitro benzene ring substituents is 1. The first-order chi connectivity index (χ1) is 12.3. The number of carbonyl (C=O) groups is 2. The summed E-state index contributed by atoms with van der Waals surface area (Å²) in [5.74, 6) is -1.12. The van der Waals surface area contributed by atoms with Crippen LogP contribution < -0.4 is 4.90 Å². The van der Waals surface area contributed by atoms with Crippen LogP contribution in [0.2, 0.25) is 0 Å². The minimum Gasteiger partial charge on any atom is -0.375 e. The molecule has 1 aliphatic heterocycles. The van der Waals surface area contributed by atoms with Crippen molar-refractivity contribution in [3.05, 3.63) is 68.2 Å². The number of nitro groups is 1. The van der Waals surface area contributed by atoms with Crippen LogP contribution in [0.15, 0.2) is 46.9 Å². The standard InChI is InChI=1S/C18H15BrN2O5/c1-2-20-15-7-6-12(19)9-14(15)18(24,17(20)23)10-16(22)11-4-3-5-13(8-11)21(25)26/h3-9,24H,2,10H2,1H3. The van der Waals surface area contributed by atoms with Crippen molar-refractivity contribution in [2.75, 3.05) is 11.4 Å². The van der Waals surface area contributed by atoms with Crippen molar-refractivity contribution in [3.8, 4) is 0 Å². The summed E-state index contributed by atoms with van der Waals surface area (Å²) in [5, 5.41) is 22.0. The molecule has 7 nitrogen and oxygen atoms in total. The highest BCUT2D eigenvalue weighted by Crippen LogP contribution is 2.44. The molecule has 0 radical (unpaired) electrons. The molecule has 1 amide bonds. The van der Waals surface area contributed by atoms with Crippen molar-refractivity contribution in [3.63, 3.8) is 0 Å². The van der Waals surface area contributed by atoms with E-state index in [9.17, 15) is 24.8 Å². The van der Waals surface area contributed by atoms with Gasteiger partial charge in [-0.1, -0.05) is 28.1 Å². The number of rotatable bonds is 5. The molecule has 1 unspecified atom stereocenters. The molecule has 3 rings (SSSR count). The first kappa shape index (κ1) is 18.2. The van der Waals surface area contributed by atoms with Gasteiger partial charge in [-0.2, -0.15) is 0 Å². The molecule has 26 heavy (non-hydrogen) atoms. The van der Waals surface area contributed by atoms with Gasteiger partial charge in [-0.05, 0) is 25.1 Å². The highest BCUT2D eigenvalue weighted by Gasteiger charge is 2.50. The number of likely N-dealkylation sites (N-methyl/N-ethyl adjacent to an activating group) is 1. The molecule has 1 aliphatic rings. The van der Waals surface area contributed by atoms with E-state index in [1.807, 2.05) is 0 Å². The molecule has 0 aromatic heterocycles. The van der Waals surface area contributed by atoms with E-state index in [2.05, 4.69) is 15.9 Å². The van der Waals surface area contributed by atoms with Gasteiger partial charge in [0.15, 0.2) is 11.4 Å². The maximum absolute atomic E-state index is 12.8. The first-order valence-corrected chi connectivity index (χ1v) is 8.69. The zero-order valence-electron chi connectivity index (χ0n) is 13.8. The molecule has 0 saturated carbocycles. The van der Waals surface area contributed by atoms with Crippen LogP contribution in [0.1, 0.15) is 29.3 Å². The van der Waals surface area contributed by atoms with Crippen molar-refractivity contribution < 1.29 is 19.6 Å². The first-order valence-electron chi connectivity index (χ1n) is 7.90. The average molecular weight is 419 g/mol. The molecule has 8 heteroatoms. The number of nitrogens with zero attached hydrogens (tertiary/aromatic N) is 2. The summed E-state index contributed by atoms with van der Waals surface area (Å²) in [7, 11) is 0. The van der Waals surface area contributed by atoms with Crippen LogP contribution in [0.4, 0.5) is 11.4 Å². The summed E-state index contributed by atoms with van der Waals surface area (Å²) in [6.07, 6.45) is -0.493. The molecule has 1 atom stereocenters. The van der Waals surface area contributed by atoms with Gasteiger partial charge in [0.1, 0.15) is 0 Å². The molecular formula is C18H15BrN2O5. The number of ketones is 1. The molecule has 0 spiro atoms. The van der Waals surface area contributed by atoms with Crippen LogP contribution >= 0.6 is 15.9 Å². The van der Waals surface area contributed by atoms with Gasteiger partial charge in [0.25, 0.3) is 11.6 Å². The van der Waals surface area contributed by atoms with Crippen molar-refractivity contribution in [2.45, 2.75) is 18.9 Å². The summed E-state index contributed by atoms with van der Waals surface area (Å²) in [5.41, 5.74) is -1.25. The summed E-state index contributed by atoms with van der Waals surface area (Å²) < 4.78 is 0.670. The maximum Gasteiger partial charge on any atom is 0.270 e. The number of carbonyl (C=O) groups excluding carboxylic acids is 2. The molecule has 0 saturated heterocycles. The van der Waals surface area contributed by atoms with Crippen LogP contribution in [0, 0.1) is 10.1 Å². The monoisotopic (exact) mass is 418 g/mol. The van der Waals surface area contributed by atoms with Crippen molar-refractivity contribution >= 4 is 39.0 Å². The summed E-state index contributed by atoms with van der Waals surface area (Å²) in [6, 6.07) is 10.3. The third-order valence-corrected chi connectivity index (χ3v) is 4.90. The van der Waals surface area contributed by atoms with E-state index in [-0.39, 0.29) is 11.3 Å². The van der Waals surface area contributed by atoms with Gasteiger partial charge >= 0.3 is 0 Å². The topological polar surface area (TPSA) is 101 Å². The Bertz CT molecular complexity index is 930. The number of anilines is 1. The van der Waals surface area contributed by atoms with Gasteiger partial charge in [0.05, 0.1) is 17.0 Å². The molecule has 2 aromatic carbocycles. The molecule has 0 fully saturated rings. The number of amides is 1. The third kappa shape index (κ3) is 2.91. The van der Waals surface area contributed by atoms with Crippen molar-refractivity contribution in [1.29, 1.82) is 0 Å². The van der Waals surface area contributed by atoms with Crippen LogP contribution in [-0.4, -0.2) is 28.3 Å². The molecule has 1 N–H and O–H groups in total. The molecule has 0 bridgehead atoms. The zero-order chi connectivity index (χ0) is 19.1. The van der Waals surface area contributed by atoms with E-state index in [1.165, 1.54) is 23.1 Å². The van der Waals surface area contributed by atoms with Gasteiger partial charge in [0.2, 0.25) is 0 Å². The fraction of sp³-hybridized carbons (Fsp3) is 0.222. The lowest BCUT2D eigenvalue weighted by atomic mass is 9.88. The van der Waals surface area contributed by atoms with Gasteiger partial charge in [-0.25, -0.2) is 0 Å². The Morgan fingerprint density at radius 3 is 2.69 bits per heavy atom. The number of fused-ring (bicyclic) bond motifs is 1. The van der Waals surface area contributed by atoms with E-state index < -0.39 is 28.6 Å². The second kappa shape index (κ2) is 6.62. The number of Topliss-reactive ketones (excluding diaryl/α,β-unsaturated/α-hetero) is 1. The summed E-state index contributed by atoms with van der Waals surface area (Å²) in [4.78, 5) is 37.1. The number of hydrogen-bond acceptors (Lipinski definition) is 5. The van der Waals surface area contributed by atoms with Crippen LogP contribution in [0.25, 0.3) is 0 Å². The summed E-state index contributed by atoms with van der Waals surface area (Å²) >= 11 is 3.31. The molecule has 0 aliphatic carbocycles. The van der Waals surface area contributed by atoms with E-state index in [0.29, 0.717) is 22.3 Å². The van der Waals surface area contributed by atoms with Crippen LogP contribution in [0.3, 0.4) is 0 Å². The number of hydrogen-bond donors (Lipinski definition) is 1. The van der Waals surface area contributed by atoms with E-state index in [1.54, 1.807) is 25.1 Å². The van der Waals surface area contributed by atoms with Gasteiger partial charge in [0, 0.05) is 34.3 Å². The smallest absolute Gasteiger partial charge is 0.270 e. The predicted octanol–water partition coefficient (Wildman–Crippen LogP) is 3.18. The second-order valence-electron chi connectivity index (χ2n) is 5.98. The number of non-ortho nitro benzene ring substituents is 1. The number of benzene rings is 2. The Hall–Kier alpha value is -2.58. The Morgan fingerprint density at radius 1 is 1.31 bits per heavy atom. The van der Waals surface area contributed by atoms with Gasteiger partial charge in [-0.15, -0.1) is 0 Å². The predicted molar refractivity (Wildman–Crippen MR) is 98.1 cm³/mol. The SMILES string of the molecule is CCN1C(=O)C(O)(CC(=O)c2cccc([N+](=O)[O-])c2)c2cc(Br)ccc21. The van der Waals surface area contributed by atoms with Crippen molar-refractivity contribution in [1.82, 2.24) is 0 Å². The molecular weight excluding hydrogens is 404 g/mol. The molecule has 1 heterocycles. The highest BCUT2D eigenvalue weighted by atomic mass is 79.9. The number of halogens is 1. The lowest BCUT2D eigenvalue weighted by Crippen LogP contribution is -2.41. The van der Waals surface area contributed by atoms with Crippen LogP contribution in [-0.2, 0) is 10.4 Å². The summed E-state index contributed by atoms with van der Waals surface area (Å²) in [6.45, 7) is 2.12. The third-order valence-electron chi connectivity index (χ3n) is 4.41. The molecule has 134 valence electrons. The zero-order valence-corrected chi connectivity index (χ0v) is 15.4. The Kier molecular flexibility index (Phi) is 4.64. The average Bonchev–Trinajstić information content (AvgIpc) is 2.82. The van der Waals surface area contributed by atoms with E-state index in [0.717, 1.165) is 6.07 Å². The lowest BCUT2D eigenvalue weighted by molar-refractivity contribution is -0.384. The fourth-order valence-corrected chi connectivity index (χ4v) is 3.50. The minimum atomic E-state index is -2.00.